The molecule has 0 unspecified atom stereocenters. The molecule has 27 heavy (non-hydrogen) atoms. The highest BCUT2D eigenvalue weighted by atomic mass is 32.2. The van der Waals surface area contributed by atoms with Crippen molar-refractivity contribution in [2.24, 2.45) is 0 Å². The van der Waals surface area contributed by atoms with Crippen molar-refractivity contribution in [3.63, 3.8) is 0 Å². The molecule has 1 aromatic heterocycles. The first-order chi connectivity index (χ1) is 12.9. The third-order valence-electron chi connectivity index (χ3n) is 4.92. The number of fused-ring (bicyclic) bond motifs is 1. The molecule has 1 heterocycles. The van der Waals surface area contributed by atoms with Crippen molar-refractivity contribution < 1.29 is 12.8 Å². The van der Waals surface area contributed by atoms with E-state index >= 15 is 0 Å². The van der Waals surface area contributed by atoms with Crippen molar-refractivity contribution in [1.82, 2.24) is 4.57 Å². The van der Waals surface area contributed by atoms with Crippen LogP contribution < -0.4 is 10.5 Å². The lowest BCUT2D eigenvalue weighted by molar-refractivity contribution is 0.512. The molecule has 0 atom stereocenters. The van der Waals surface area contributed by atoms with Gasteiger partial charge in [-0.15, -0.1) is 0 Å². The molecule has 0 aliphatic heterocycles. The van der Waals surface area contributed by atoms with Gasteiger partial charge in [0.15, 0.2) is 5.58 Å². The minimum absolute atomic E-state index is 0.00627. The Balaban J connectivity index is 1.63. The number of hydrogen-bond acceptors (Lipinski definition) is 5. The number of hydrogen-bond donors (Lipinski definition) is 1. The molecule has 2 aromatic carbocycles. The third kappa shape index (κ3) is 2.90. The van der Waals surface area contributed by atoms with Gasteiger partial charge in [-0.25, -0.2) is 13.2 Å². The van der Waals surface area contributed by atoms with Crippen molar-refractivity contribution in [2.75, 3.05) is 4.72 Å². The molecule has 138 valence electrons. The summed E-state index contributed by atoms with van der Waals surface area (Å²) in [6.45, 7) is 2.25. The van der Waals surface area contributed by atoms with E-state index < -0.39 is 21.2 Å². The van der Waals surface area contributed by atoms with Crippen molar-refractivity contribution in [1.29, 1.82) is 5.26 Å². The summed E-state index contributed by atoms with van der Waals surface area (Å²) in [5.41, 5.74) is 1.67. The van der Waals surface area contributed by atoms with Crippen molar-refractivity contribution in [2.45, 2.75) is 36.6 Å². The normalized spacial score (nSPS) is 15.4. The predicted molar refractivity (Wildman–Crippen MR) is 99.9 cm³/mol. The van der Waals surface area contributed by atoms with Gasteiger partial charge in [-0.3, -0.25) is 9.29 Å². The smallest absolute Gasteiger partial charge is 0.408 e. The monoisotopic (exact) mass is 383 g/mol. The lowest BCUT2D eigenvalue weighted by Gasteiger charge is -2.10. The number of nitrogens with zero attached hydrogens (tertiary/aromatic N) is 2. The first-order valence-corrected chi connectivity index (χ1v) is 10.0. The lowest BCUT2D eigenvalue weighted by atomic mass is 9.98. The number of anilines is 1. The zero-order valence-corrected chi connectivity index (χ0v) is 15.4. The molecule has 0 spiro atoms. The summed E-state index contributed by atoms with van der Waals surface area (Å²) in [6, 6.07) is 13.5. The Hall–Kier alpha value is -3.05. The zero-order valence-electron chi connectivity index (χ0n) is 14.6. The van der Waals surface area contributed by atoms with Crippen LogP contribution in [0.3, 0.4) is 0 Å². The molecule has 8 heteroatoms. The molecule has 1 N–H and O–H groups in total. The van der Waals surface area contributed by atoms with Crippen LogP contribution in [0.15, 0.2) is 56.6 Å². The fourth-order valence-electron chi connectivity index (χ4n) is 3.17. The van der Waals surface area contributed by atoms with Gasteiger partial charge in [-0.1, -0.05) is 12.1 Å². The number of nitrogens with one attached hydrogen (secondary N) is 1. The lowest BCUT2D eigenvalue weighted by Crippen LogP contribution is -2.13. The molecule has 3 aromatic rings. The Morgan fingerprint density at radius 3 is 2.52 bits per heavy atom. The van der Waals surface area contributed by atoms with Crippen molar-refractivity contribution in [3.8, 4) is 6.07 Å². The minimum atomic E-state index is -3.84. The second-order valence-electron chi connectivity index (χ2n) is 6.62. The third-order valence-corrected chi connectivity index (χ3v) is 6.30. The quantitative estimate of drug-likeness (QED) is 0.729. The number of rotatable bonds is 5. The molecular weight excluding hydrogens is 366 g/mol. The predicted octanol–water partition coefficient (Wildman–Crippen LogP) is 2.97. The number of aryl methyl sites for hydroxylation is 1. The van der Waals surface area contributed by atoms with E-state index in [2.05, 4.69) is 10.8 Å². The van der Waals surface area contributed by atoms with Crippen LogP contribution in [0.25, 0.3) is 11.1 Å². The second kappa shape index (κ2) is 5.99. The van der Waals surface area contributed by atoms with E-state index in [1.54, 1.807) is 30.3 Å². The second-order valence-corrected chi connectivity index (χ2v) is 8.30. The maximum atomic E-state index is 12.7. The number of aromatic nitrogens is 1. The van der Waals surface area contributed by atoms with Gasteiger partial charge < -0.3 is 4.42 Å². The molecule has 1 fully saturated rings. The topological polar surface area (TPSA) is 105 Å². The summed E-state index contributed by atoms with van der Waals surface area (Å²) in [5, 5.41) is 9.25. The summed E-state index contributed by atoms with van der Waals surface area (Å²) in [7, 11) is -3.84. The van der Waals surface area contributed by atoms with Gasteiger partial charge in [0, 0.05) is 18.3 Å². The van der Waals surface area contributed by atoms with E-state index in [4.69, 9.17) is 4.42 Å². The summed E-state index contributed by atoms with van der Waals surface area (Å²) < 4.78 is 34.4. The van der Waals surface area contributed by atoms with Crippen LogP contribution in [0, 0.1) is 11.3 Å². The van der Waals surface area contributed by atoms with Crippen LogP contribution in [-0.4, -0.2) is 13.0 Å². The van der Waals surface area contributed by atoms with Gasteiger partial charge in [0.2, 0.25) is 0 Å². The van der Waals surface area contributed by atoms with E-state index in [9.17, 15) is 18.5 Å². The van der Waals surface area contributed by atoms with Crippen molar-refractivity contribution in [3.05, 3.63) is 58.6 Å². The van der Waals surface area contributed by atoms with Crippen LogP contribution in [0.5, 0.6) is 0 Å². The number of nitriles is 1. The molecule has 1 aliphatic carbocycles. The Morgan fingerprint density at radius 1 is 1.22 bits per heavy atom. The van der Waals surface area contributed by atoms with Gasteiger partial charge in [-0.2, -0.15) is 5.26 Å². The standard InChI is InChI=1S/C19H17N3O4S/c1-2-22-16-8-7-15(11-17(16)26-18(22)23)27(24,25)21-14-5-3-13(4-6-14)19(12-20)9-10-19/h3-8,11,21H,2,9-10H2,1H3. The molecule has 1 aliphatic rings. The SMILES string of the molecule is CCn1c(=O)oc2cc(S(=O)(=O)Nc3ccc(C4(C#N)CC4)cc3)ccc21. The van der Waals surface area contributed by atoms with Crippen LogP contribution in [0.1, 0.15) is 25.3 Å². The summed E-state index contributed by atoms with van der Waals surface area (Å²) in [6.07, 6.45) is 1.66. The number of benzene rings is 2. The maximum absolute atomic E-state index is 12.7. The molecular formula is C19H17N3O4S. The zero-order chi connectivity index (χ0) is 19.2. The van der Waals surface area contributed by atoms with Crippen LogP contribution in [-0.2, 0) is 22.0 Å². The van der Waals surface area contributed by atoms with E-state index in [0.29, 0.717) is 17.7 Å². The fourth-order valence-corrected chi connectivity index (χ4v) is 4.25. The van der Waals surface area contributed by atoms with Gasteiger partial charge in [0.1, 0.15) is 0 Å². The first kappa shape index (κ1) is 17.4. The van der Waals surface area contributed by atoms with E-state index in [0.717, 1.165) is 18.4 Å². The highest BCUT2D eigenvalue weighted by Crippen LogP contribution is 2.47. The fraction of sp³-hybridized carbons (Fsp3) is 0.263. The van der Waals surface area contributed by atoms with Gasteiger partial charge >= 0.3 is 5.76 Å². The highest BCUT2D eigenvalue weighted by molar-refractivity contribution is 7.92. The van der Waals surface area contributed by atoms with Gasteiger partial charge in [0.05, 0.1) is 21.9 Å². The maximum Gasteiger partial charge on any atom is 0.419 e. The van der Waals surface area contributed by atoms with E-state index in [-0.39, 0.29) is 10.5 Å². The van der Waals surface area contributed by atoms with Crippen LogP contribution in [0.2, 0.25) is 0 Å². The minimum Gasteiger partial charge on any atom is -0.408 e. The van der Waals surface area contributed by atoms with E-state index in [1.165, 1.54) is 16.7 Å². The van der Waals surface area contributed by atoms with Crippen LogP contribution in [0.4, 0.5) is 5.69 Å². The Bertz CT molecular complexity index is 1230. The molecule has 4 rings (SSSR count). The Labute approximate surface area is 155 Å². The summed E-state index contributed by atoms with van der Waals surface area (Å²) in [5.74, 6) is -0.517. The first-order valence-electron chi connectivity index (χ1n) is 8.56. The van der Waals surface area contributed by atoms with Crippen molar-refractivity contribution >= 4 is 26.8 Å². The Kier molecular flexibility index (Phi) is 3.86. The molecule has 0 radical (unpaired) electrons. The largest absolute Gasteiger partial charge is 0.419 e. The summed E-state index contributed by atoms with van der Waals surface area (Å²) >= 11 is 0. The molecule has 7 nitrogen and oxygen atoms in total. The summed E-state index contributed by atoms with van der Waals surface area (Å²) in [4.78, 5) is 11.8. The van der Waals surface area contributed by atoms with Gasteiger partial charge in [-0.05, 0) is 49.6 Å². The average molecular weight is 383 g/mol. The number of oxazole rings is 1. The average Bonchev–Trinajstić information content (AvgIpc) is 3.38. The molecule has 0 bridgehead atoms. The van der Waals surface area contributed by atoms with Crippen LogP contribution >= 0.6 is 0 Å². The molecule has 0 saturated heterocycles. The molecule has 0 amide bonds. The highest BCUT2D eigenvalue weighted by Gasteiger charge is 2.44. The number of sulfonamides is 1. The van der Waals surface area contributed by atoms with E-state index in [1.807, 2.05) is 6.92 Å². The Morgan fingerprint density at radius 2 is 1.93 bits per heavy atom. The molecule has 1 saturated carbocycles. The van der Waals surface area contributed by atoms with Gasteiger partial charge in [0.25, 0.3) is 10.0 Å².